The van der Waals surface area contributed by atoms with Crippen LogP contribution in [0.5, 0.6) is 0 Å². The largest absolute Gasteiger partial charge is 0.480 e. The van der Waals surface area contributed by atoms with Crippen LogP contribution < -0.4 is 10.6 Å². The van der Waals surface area contributed by atoms with E-state index in [1.54, 1.807) is 24.3 Å². The molecule has 6 heteroatoms. The van der Waals surface area contributed by atoms with Gasteiger partial charge in [-0.15, -0.1) is 0 Å². The number of aliphatic carboxylic acids is 1. The van der Waals surface area contributed by atoms with Gasteiger partial charge in [-0.3, -0.25) is 9.59 Å². The van der Waals surface area contributed by atoms with E-state index in [-0.39, 0.29) is 18.9 Å². The highest BCUT2D eigenvalue weighted by molar-refractivity contribution is 6.30. The van der Waals surface area contributed by atoms with E-state index in [0.29, 0.717) is 10.7 Å². The van der Waals surface area contributed by atoms with Crippen LogP contribution in [0.15, 0.2) is 24.3 Å². The molecule has 1 amide bonds. The predicted molar refractivity (Wildman–Crippen MR) is 65.1 cm³/mol. The zero-order valence-corrected chi connectivity index (χ0v) is 9.85. The summed E-state index contributed by atoms with van der Waals surface area (Å²) in [7, 11) is 0. The number of benzene rings is 1. The quantitative estimate of drug-likeness (QED) is 0.827. The van der Waals surface area contributed by atoms with Gasteiger partial charge in [0.1, 0.15) is 6.54 Å². The van der Waals surface area contributed by atoms with Gasteiger partial charge in [0.2, 0.25) is 5.91 Å². The molecule has 0 radical (unpaired) electrons. The third-order valence-electron chi connectivity index (χ3n) is 2.07. The van der Waals surface area contributed by atoms with Gasteiger partial charge >= 0.3 is 5.97 Å². The van der Waals surface area contributed by atoms with E-state index in [2.05, 4.69) is 0 Å². The first-order valence-corrected chi connectivity index (χ1v) is 5.40. The topological polar surface area (TPSA) is 83.6 Å². The molecule has 0 saturated heterocycles. The molecule has 0 atom stereocenters. The first-order chi connectivity index (χ1) is 8.04. The normalized spacial score (nSPS) is 10.0. The fraction of sp³-hybridized carbons (Fsp3) is 0.273. The molecule has 3 N–H and O–H groups in total. The summed E-state index contributed by atoms with van der Waals surface area (Å²) in [5, 5.41) is 9.22. The zero-order valence-electron chi connectivity index (χ0n) is 9.10. The maximum absolute atomic E-state index is 11.7. The Morgan fingerprint density at radius 1 is 1.41 bits per heavy atom. The van der Waals surface area contributed by atoms with Gasteiger partial charge in [0, 0.05) is 23.7 Å². The molecular formula is C11H13ClN2O3. The minimum Gasteiger partial charge on any atom is -0.480 e. The average Bonchev–Trinajstić information content (AvgIpc) is 2.26. The first-order valence-electron chi connectivity index (χ1n) is 5.02. The van der Waals surface area contributed by atoms with Gasteiger partial charge in [-0.2, -0.15) is 0 Å². The number of carbonyl (C=O) groups is 2. The Balaban J connectivity index is 2.97. The molecule has 0 aliphatic rings. The highest BCUT2D eigenvalue weighted by atomic mass is 35.5. The average molecular weight is 257 g/mol. The number of carboxylic acids is 1. The number of hydrogen-bond acceptors (Lipinski definition) is 3. The number of nitrogens with zero attached hydrogens (tertiary/aromatic N) is 1. The van der Waals surface area contributed by atoms with E-state index < -0.39 is 12.5 Å². The van der Waals surface area contributed by atoms with E-state index >= 15 is 0 Å². The number of rotatable bonds is 5. The summed E-state index contributed by atoms with van der Waals surface area (Å²) < 4.78 is 0. The van der Waals surface area contributed by atoms with Crippen molar-refractivity contribution in [1.82, 2.24) is 0 Å². The molecule has 0 aromatic heterocycles. The Hall–Kier alpha value is -1.59. The standard InChI is InChI=1S/C11H13ClN2O3/c12-8-2-1-3-9(6-8)14(7-11(16)17)10(15)4-5-13/h1-3,6H,4-5,7,13H2,(H,16,17). The highest BCUT2D eigenvalue weighted by Crippen LogP contribution is 2.20. The fourth-order valence-electron chi connectivity index (χ4n) is 1.36. The van der Waals surface area contributed by atoms with Gasteiger partial charge in [0.05, 0.1) is 0 Å². The van der Waals surface area contributed by atoms with Crippen LogP contribution in [0.1, 0.15) is 6.42 Å². The minimum absolute atomic E-state index is 0.0970. The molecule has 0 aliphatic heterocycles. The summed E-state index contributed by atoms with van der Waals surface area (Å²) in [5.74, 6) is -1.42. The predicted octanol–water partition coefficient (Wildman–Crippen LogP) is 1.11. The number of amides is 1. The number of carbonyl (C=O) groups excluding carboxylic acids is 1. The van der Waals surface area contributed by atoms with Gasteiger partial charge in [0.15, 0.2) is 0 Å². The summed E-state index contributed by atoms with van der Waals surface area (Å²) in [4.78, 5) is 23.6. The SMILES string of the molecule is NCCC(=O)N(CC(=O)O)c1cccc(Cl)c1. The summed E-state index contributed by atoms with van der Waals surface area (Å²) in [6.07, 6.45) is 0.0970. The number of hydrogen-bond donors (Lipinski definition) is 2. The lowest BCUT2D eigenvalue weighted by atomic mass is 10.2. The van der Waals surface area contributed by atoms with Gasteiger partial charge in [-0.1, -0.05) is 17.7 Å². The van der Waals surface area contributed by atoms with Crippen molar-refractivity contribution >= 4 is 29.2 Å². The molecule has 0 bridgehead atoms. The van der Waals surface area contributed by atoms with Crippen molar-refractivity contribution in [2.45, 2.75) is 6.42 Å². The van der Waals surface area contributed by atoms with Crippen LogP contribution in [0.4, 0.5) is 5.69 Å². The van der Waals surface area contributed by atoms with Gasteiger partial charge < -0.3 is 15.7 Å². The van der Waals surface area contributed by atoms with E-state index in [9.17, 15) is 9.59 Å². The van der Waals surface area contributed by atoms with Crippen LogP contribution in [0.3, 0.4) is 0 Å². The summed E-state index contributed by atoms with van der Waals surface area (Å²) in [6.45, 7) is -0.227. The van der Waals surface area contributed by atoms with Crippen molar-refractivity contribution in [1.29, 1.82) is 0 Å². The zero-order chi connectivity index (χ0) is 12.8. The Labute approximate surface area is 104 Å². The van der Waals surface area contributed by atoms with Crippen LogP contribution >= 0.6 is 11.6 Å². The van der Waals surface area contributed by atoms with Crippen molar-refractivity contribution in [3.8, 4) is 0 Å². The van der Waals surface area contributed by atoms with Gasteiger partial charge in [-0.05, 0) is 18.2 Å². The monoisotopic (exact) mass is 256 g/mol. The fourth-order valence-corrected chi connectivity index (χ4v) is 1.55. The maximum atomic E-state index is 11.7. The second-order valence-electron chi connectivity index (χ2n) is 3.39. The third-order valence-corrected chi connectivity index (χ3v) is 2.31. The number of nitrogens with two attached hydrogens (primary N) is 1. The van der Waals surface area contributed by atoms with Crippen LogP contribution in [-0.4, -0.2) is 30.1 Å². The molecule has 1 aromatic carbocycles. The van der Waals surface area contributed by atoms with Gasteiger partial charge in [0.25, 0.3) is 0 Å². The van der Waals surface area contributed by atoms with Crippen LogP contribution in [0.25, 0.3) is 0 Å². The molecular weight excluding hydrogens is 244 g/mol. The number of halogens is 1. The number of anilines is 1. The Morgan fingerprint density at radius 3 is 2.65 bits per heavy atom. The van der Waals surface area contributed by atoms with Crippen molar-refractivity contribution in [2.75, 3.05) is 18.0 Å². The third kappa shape index (κ3) is 4.05. The smallest absolute Gasteiger partial charge is 0.323 e. The molecule has 0 saturated carbocycles. The highest BCUT2D eigenvalue weighted by Gasteiger charge is 2.18. The van der Waals surface area contributed by atoms with E-state index in [1.165, 1.54) is 0 Å². The maximum Gasteiger partial charge on any atom is 0.323 e. The second kappa shape index (κ2) is 6.22. The van der Waals surface area contributed by atoms with Crippen molar-refractivity contribution in [2.24, 2.45) is 5.73 Å². The molecule has 5 nitrogen and oxygen atoms in total. The van der Waals surface area contributed by atoms with Crippen molar-refractivity contribution in [3.63, 3.8) is 0 Å². The Morgan fingerprint density at radius 2 is 2.12 bits per heavy atom. The van der Waals surface area contributed by atoms with E-state index in [1.807, 2.05) is 0 Å². The molecule has 0 heterocycles. The van der Waals surface area contributed by atoms with Crippen molar-refractivity contribution in [3.05, 3.63) is 29.3 Å². The van der Waals surface area contributed by atoms with Crippen LogP contribution in [0, 0.1) is 0 Å². The molecule has 17 heavy (non-hydrogen) atoms. The molecule has 92 valence electrons. The minimum atomic E-state index is -1.09. The summed E-state index contributed by atoms with van der Waals surface area (Å²) in [6, 6.07) is 6.47. The van der Waals surface area contributed by atoms with Crippen LogP contribution in [-0.2, 0) is 9.59 Å². The molecule has 0 fully saturated rings. The molecule has 1 aromatic rings. The molecule has 0 spiro atoms. The lowest BCUT2D eigenvalue weighted by molar-refractivity contribution is -0.136. The van der Waals surface area contributed by atoms with Crippen molar-refractivity contribution < 1.29 is 14.7 Å². The molecule has 1 rings (SSSR count). The lowest BCUT2D eigenvalue weighted by Crippen LogP contribution is -2.36. The lowest BCUT2D eigenvalue weighted by Gasteiger charge is -2.20. The number of carboxylic acid groups (broad SMARTS) is 1. The second-order valence-corrected chi connectivity index (χ2v) is 3.83. The molecule has 0 aliphatic carbocycles. The van der Waals surface area contributed by atoms with Gasteiger partial charge in [-0.25, -0.2) is 0 Å². The Bertz CT molecular complexity index is 423. The summed E-state index contributed by atoms with van der Waals surface area (Å²) in [5.41, 5.74) is 5.74. The Kier molecular flexibility index (Phi) is 4.93. The summed E-state index contributed by atoms with van der Waals surface area (Å²) >= 11 is 5.80. The van der Waals surface area contributed by atoms with E-state index in [0.717, 1.165) is 4.90 Å². The van der Waals surface area contributed by atoms with E-state index in [4.69, 9.17) is 22.4 Å². The molecule has 0 unspecified atom stereocenters. The van der Waals surface area contributed by atoms with Crippen LogP contribution in [0.2, 0.25) is 5.02 Å². The first kappa shape index (κ1) is 13.5.